The summed E-state index contributed by atoms with van der Waals surface area (Å²) in [6.07, 6.45) is -2.57. The molecule has 1 N–H and O–H groups in total. The average molecular weight is 248 g/mol. The molecule has 5 nitrogen and oxygen atoms in total. The van der Waals surface area contributed by atoms with Crippen molar-refractivity contribution >= 4 is 0 Å². The van der Waals surface area contributed by atoms with E-state index >= 15 is 0 Å². The lowest BCUT2D eigenvalue weighted by molar-refractivity contribution is 0.125. The van der Waals surface area contributed by atoms with E-state index in [1.807, 2.05) is 6.92 Å². The Morgan fingerprint density at radius 1 is 1.47 bits per heavy atom. The first kappa shape index (κ1) is 14.0. The Morgan fingerprint density at radius 3 is 2.71 bits per heavy atom. The Morgan fingerprint density at radius 2 is 2.18 bits per heavy atom. The monoisotopic (exact) mass is 248 g/mol. The minimum absolute atomic E-state index is 0.109. The molecule has 0 amide bonds. The van der Waals surface area contributed by atoms with Gasteiger partial charge in [0.2, 0.25) is 0 Å². The highest BCUT2D eigenvalue weighted by Crippen LogP contribution is 2.22. The van der Waals surface area contributed by atoms with E-state index in [0.29, 0.717) is 25.4 Å². The van der Waals surface area contributed by atoms with Gasteiger partial charge in [0.05, 0.1) is 6.61 Å². The van der Waals surface area contributed by atoms with Crippen LogP contribution < -0.4 is 5.32 Å². The molecule has 1 heterocycles. The van der Waals surface area contributed by atoms with Gasteiger partial charge in [0, 0.05) is 20.2 Å². The fourth-order valence-electron chi connectivity index (χ4n) is 1.66. The fourth-order valence-corrected chi connectivity index (χ4v) is 1.66. The molecule has 1 rings (SSSR count). The molecule has 0 aromatic carbocycles. The number of methoxy groups -OCH3 is 1. The zero-order valence-corrected chi connectivity index (χ0v) is 10.3. The first-order chi connectivity index (χ1) is 8.10. The van der Waals surface area contributed by atoms with E-state index in [1.54, 1.807) is 14.2 Å². The summed E-state index contributed by atoms with van der Waals surface area (Å²) >= 11 is 0. The van der Waals surface area contributed by atoms with Crippen molar-refractivity contribution < 1.29 is 13.5 Å². The predicted molar refractivity (Wildman–Crippen MR) is 58.8 cm³/mol. The molecule has 1 unspecified atom stereocenters. The van der Waals surface area contributed by atoms with Crippen LogP contribution in [0.2, 0.25) is 0 Å². The lowest BCUT2D eigenvalue weighted by atomic mass is 10.2. The molecular weight excluding hydrogens is 230 g/mol. The molecular formula is C10H18F2N4O. The van der Waals surface area contributed by atoms with Crippen LogP contribution in [-0.4, -0.2) is 35.8 Å². The van der Waals surface area contributed by atoms with Crippen LogP contribution in [0.1, 0.15) is 24.7 Å². The lowest BCUT2D eigenvalue weighted by Gasteiger charge is -2.12. The Hall–Kier alpha value is -1.08. The van der Waals surface area contributed by atoms with Crippen LogP contribution in [0.25, 0.3) is 0 Å². The molecule has 0 fully saturated rings. The smallest absolute Gasteiger partial charge is 0.281 e. The van der Waals surface area contributed by atoms with Gasteiger partial charge >= 0.3 is 0 Å². The third kappa shape index (κ3) is 3.71. The predicted octanol–water partition coefficient (Wildman–Crippen LogP) is 1.22. The summed E-state index contributed by atoms with van der Waals surface area (Å²) in [4.78, 5) is 0. The Labute approximate surface area is 99.1 Å². The van der Waals surface area contributed by atoms with E-state index in [1.165, 1.54) is 4.68 Å². The molecule has 1 aromatic heterocycles. The lowest BCUT2D eigenvalue weighted by Crippen LogP contribution is -2.17. The second-order valence-electron chi connectivity index (χ2n) is 4.00. The molecule has 7 heteroatoms. The summed E-state index contributed by atoms with van der Waals surface area (Å²) in [5.41, 5.74) is 0.189. The molecule has 0 aliphatic heterocycles. The number of rotatable bonds is 7. The van der Waals surface area contributed by atoms with E-state index in [9.17, 15) is 8.78 Å². The normalized spacial score (nSPS) is 13.3. The second-order valence-corrected chi connectivity index (χ2v) is 4.00. The molecule has 1 aromatic rings. The Kier molecular flexibility index (Phi) is 5.43. The van der Waals surface area contributed by atoms with Crippen molar-refractivity contribution in [2.75, 3.05) is 20.8 Å². The van der Waals surface area contributed by atoms with E-state index in [0.717, 1.165) is 0 Å². The van der Waals surface area contributed by atoms with E-state index in [2.05, 4.69) is 15.6 Å². The highest BCUT2D eigenvalue weighted by atomic mass is 19.3. The molecule has 0 bridgehead atoms. The Bertz CT molecular complexity index is 343. The van der Waals surface area contributed by atoms with E-state index in [-0.39, 0.29) is 11.6 Å². The second kappa shape index (κ2) is 6.61. The van der Waals surface area contributed by atoms with Crippen molar-refractivity contribution in [1.29, 1.82) is 0 Å². The van der Waals surface area contributed by atoms with Crippen LogP contribution in [0.15, 0.2) is 0 Å². The first-order valence-corrected chi connectivity index (χ1v) is 5.44. The van der Waals surface area contributed by atoms with Crippen LogP contribution in [-0.2, 0) is 17.8 Å². The van der Waals surface area contributed by atoms with Crippen molar-refractivity contribution in [2.45, 2.75) is 26.4 Å². The van der Waals surface area contributed by atoms with Crippen molar-refractivity contribution in [3.05, 3.63) is 11.4 Å². The van der Waals surface area contributed by atoms with Gasteiger partial charge in [0.15, 0.2) is 0 Å². The van der Waals surface area contributed by atoms with Crippen molar-refractivity contribution in [3.63, 3.8) is 0 Å². The molecule has 0 aliphatic rings. The number of alkyl halides is 2. The number of halogens is 2. The third-order valence-electron chi connectivity index (χ3n) is 2.33. The summed E-state index contributed by atoms with van der Waals surface area (Å²) in [5.74, 6) is 0.113. The van der Waals surface area contributed by atoms with Crippen LogP contribution in [0.4, 0.5) is 8.78 Å². The molecule has 1 atom stereocenters. The third-order valence-corrected chi connectivity index (χ3v) is 2.33. The first-order valence-electron chi connectivity index (χ1n) is 5.44. The minimum atomic E-state index is -2.57. The van der Waals surface area contributed by atoms with Gasteiger partial charge in [-0.15, -0.1) is 5.10 Å². The molecule has 0 saturated heterocycles. The average Bonchev–Trinajstić information content (AvgIpc) is 2.62. The number of nitrogens with one attached hydrogen (secondary N) is 1. The quantitative estimate of drug-likeness (QED) is 0.788. The SMILES string of the molecule is CNCc1nnn(CC(C)COC)c1C(F)F. The highest BCUT2D eigenvalue weighted by molar-refractivity contribution is 5.11. The zero-order chi connectivity index (χ0) is 12.8. The van der Waals surface area contributed by atoms with E-state index in [4.69, 9.17) is 4.74 Å². The summed E-state index contributed by atoms with van der Waals surface area (Å²) in [5, 5.41) is 10.3. The molecule has 0 saturated carbocycles. The summed E-state index contributed by atoms with van der Waals surface area (Å²) in [7, 11) is 3.26. The standard InChI is InChI=1S/C10H18F2N4O/c1-7(6-17-3)5-16-9(10(11)12)8(4-13-2)14-15-16/h7,10,13H,4-6H2,1-3H3. The van der Waals surface area contributed by atoms with E-state index < -0.39 is 6.43 Å². The van der Waals surface area contributed by atoms with Crippen molar-refractivity contribution in [1.82, 2.24) is 20.3 Å². The van der Waals surface area contributed by atoms with Gasteiger partial charge < -0.3 is 10.1 Å². The number of ether oxygens (including phenoxy) is 1. The fraction of sp³-hybridized carbons (Fsp3) is 0.800. The summed E-state index contributed by atoms with van der Waals surface area (Å²) in [6.45, 7) is 3.09. The van der Waals surface area contributed by atoms with Gasteiger partial charge in [-0.25, -0.2) is 13.5 Å². The maximum Gasteiger partial charge on any atom is 0.281 e. The van der Waals surface area contributed by atoms with Gasteiger partial charge in [0.1, 0.15) is 11.4 Å². The Balaban J connectivity index is 2.84. The molecule has 0 spiro atoms. The van der Waals surface area contributed by atoms with Gasteiger partial charge in [-0.05, 0) is 13.0 Å². The van der Waals surface area contributed by atoms with Crippen molar-refractivity contribution in [3.8, 4) is 0 Å². The largest absolute Gasteiger partial charge is 0.384 e. The number of nitrogens with zero attached hydrogens (tertiary/aromatic N) is 3. The summed E-state index contributed by atoms with van der Waals surface area (Å²) < 4.78 is 32.1. The number of hydrogen-bond acceptors (Lipinski definition) is 4. The minimum Gasteiger partial charge on any atom is -0.384 e. The number of aromatic nitrogens is 3. The van der Waals surface area contributed by atoms with Crippen LogP contribution in [0.3, 0.4) is 0 Å². The van der Waals surface area contributed by atoms with Gasteiger partial charge in [-0.3, -0.25) is 0 Å². The molecule has 0 aliphatic carbocycles. The van der Waals surface area contributed by atoms with Gasteiger partial charge in [-0.2, -0.15) is 0 Å². The van der Waals surface area contributed by atoms with Crippen molar-refractivity contribution in [2.24, 2.45) is 5.92 Å². The molecule has 17 heavy (non-hydrogen) atoms. The molecule has 0 radical (unpaired) electrons. The van der Waals surface area contributed by atoms with Crippen LogP contribution in [0, 0.1) is 5.92 Å². The summed E-state index contributed by atoms with van der Waals surface area (Å²) in [6, 6.07) is 0. The van der Waals surface area contributed by atoms with Gasteiger partial charge in [-0.1, -0.05) is 12.1 Å². The zero-order valence-electron chi connectivity index (χ0n) is 10.3. The highest BCUT2D eigenvalue weighted by Gasteiger charge is 2.22. The molecule has 98 valence electrons. The van der Waals surface area contributed by atoms with Gasteiger partial charge in [0.25, 0.3) is 6.43 Å². The number of hydrogen-bond donors (Lipinski definition) is 1. The maximum absolute atomic E-state index is 12.9. The van der Waals surface area contributed by atoms with Crippen LogP contribution in [0.5, 0.6) is 0 Å². The maximum atomic E-state index is 12.9. The topological polar surface area (TPSA) is 52.0 Å². The van der Waals surface area contributed by atoms with Crippen LogP contribution >= 0.6 is 0 Å².